The summed E-state index contributed by atoms with van der Waals surface area (Å²) in [6, 6.07) is 0.499. The topological polar surface area (TPSA) is 29.9 Å². The highest BCUT2D eigenvalue weighted by Crippen LogP contribution is 2.46. The summed E-state index contributed by atoms with van der Waals surface area (Å²) in [5, 5.41) is 3.67. The fraction of sp³-hybridized carbons (Fsp3) is 0.706. The Morgan fingerprint density at radius 3 is 2.50 bits per heavy atom. The lowest BCUT2D eigenvalue weighted by Crippen LogP contribution is -2.40. The van der Waals surface area contributed by atoms with Gasteiger partial charge >= 0.3 is 0 Å². The van der Waals surface area contributed by atoms with E-state index in [1.54, 1.807) is 0 Å². The first-order chi connectivity index (χ1) is 9.21. The van der Waals surface area contributed by atoms with Crippen molar-refractivity contribution in [1.29, 1.82) is 0 Å². The molecule has 0 radical (unpaired) electrons. The van der Waals surface area contributed by atoms with E-state index in [9.17, 15) is 0 Å². The van der Waals surface area contributed by atoms with Gasteiger partial charge in [0, 0.05) is 18.8 Å². The summed E-state index contributed by atoms with van der Waals surface area (Å²) in [6.07, 6.45) is 7.70. The van der Waals surface area contributed by atoms with Crippen LogP contribution in [0.4, 0.5) is 5.95 Å². The Bertz CT molecular complexity index is 466. The lowest BCUT2D eigenvalue weighted by Gasteiger charge is -2.45. The molecule has 1 heterocycles. The van der Waals surface area contributed by atoms with Gasteiger partial charge in [-0.25, -0.2) is 4.98 Å². The van der Waals surface area contributed by atoms with E-state index in [0.717, 1.165) is 18.2 Å². The predicted molar refractivity (Wildman–Crippen MR) is 86.0 cm³/mol. The van der Waals surface area contributed by atoms with Crippen LogP contribution in [-0.4, -0.2) is 15.6 Å². The van der Waals surface area contributed by atoms with Gasteiger partial charge in [-0.3, -0.25) is 0 Å². The number of hydrogen-bond acceptors (Lipinski definition) is 2. The SMILES string of the molecule is C=CCn1cc(C)nc1NC1CC(C)(C)CC(C)(C)C1. The zero-order chi connectivity index (χ0) is 15.0. The first kappa shape index (κ1) is 15.1. The average Bonchev–Trinajstić information content (AvgIpc) is 2.54. The van der Waals surface area contributed by atoms with Gasteiger partial charge in [0.15, 0.2) is 0 Å². The summed E-state index contributed by atoms with van der Waals surface area (Å²) in [5.41, 5.74) is 1.85. The molecule has 20 heavy (non-hydrogen) atoms. The molecule has 0 bridgehead atoms. The fourth-order valence-corrected chi connectivity index (χ4v) is 4.07. The molecule has 0 aliphatic heterocycles. The Labute approximate surface area is 123 Å². The molecule has 0 unspecified atom stereocenters. The molecule has 2 rings (SSSR count). The van der Waals surface area contributed by atoms with Crippen molar-refractivity contribution >= 4 is 5.95 Å². The Morgan fingerprint density at radius 1 is 1.35 bits per heavy atom. The number of nitrogens with one attached hydrogen (secondary N) is 1. The number of hydrogen-bond donors (Lipinski definition) is 1. The molecular weight excluding hydrogens is 246 g/mol. The van der Waals surface area contributed by atoms with E-state index in [1.807, 2.05) is 13.0 Å². The van der Waals surface area contributed by atoms with E-state index >= 15 is 0 Å². The molecule has 1 aromatic rings. The fourth-order valence-electron chi connectivity index (χ4n) is 4.07. The van der Waals surface area contributed by atoms with Crippen LogP contribution in [0.5, 0.6) is 0 Å². The summed E-state index contributed by atoms with van der Waals surface area (Å²) in [4.78, 5) is 4.62. The second-order valence-electron chi connectivity index (χ2n) is 7.90. The summed E-state index contributed by atoms with van der Waals surface area (Å²) < 4.78 is 2.15. The second-order valence-corrected chi connectivity index (χ2v) is 7.90. The normalized spacial score (nSPS) is 21.6. The Hall–Kier alpha value is -1.25. The van der Waals surface area contributed by atoms with Crippen molar-refractivity contribution in [2.24, 2.45) is 10.8 Å². The number of allylic oxidation sites excluding steroid dienone is 1. The third-order valence-electron chi connectivity index (χ3n) is 4.11. The average molecular weight is 275 g/mol. The maximum atomic E-state index is 4.62. The Balaban J connectivity index is 2.15. The van der Waals surface area contributed by atoms with Crippen molar-refractivity contribution in [3.05, 3.63) is 24.5 Å². The van der Waals surface area contributed by atoms with Crippen LogP contribution in [0.1, 0.15) is 52.7 Å². The monoisotopic (exact) mass is 275 g/mol. The standard InChI is InChI=1S/C17H29N3/c1-7-8-20-11-13(2)18-15(20)19-14-9-16(3,4)12-17(5,6)10-14/h7,11,14H,1,8-10,12H2,2-6H3,(H,18,19). The van der Waals surface area contributed by atoms with Crippen molar-refractivity contribution in [3.8, 4) is 0 Å². The van der Waals surface area contributed by atoms with Crippen LogP contribution in [0.3, 0.4) is 0 Å². The van der Waals surface area contributed by atoms with Gasteiger partial charge in [0.05, 0.1) is 5.69 Å². The summed E-state index contributed by atoms with van der Waals surface area (Å²) in [5.74, 6) is 0.987. The zero-order valence-electron chi connectivity index (χ0n) is 13.7. The third-order valence-corrected chi connectivity index (χ3v) is 4.11. The first-order valence-corrected chi connectivity index (χ1v) is 7.62. The van der Waals surface area contributed by atoms with E-state index in [-0.39, 0.29) is 0 Å². The molecule has 1 saturated carbocycles. The number of aryl methyl sites for hydroxylation is 1. The number of aromatic nitrogens is 2. The van der Waals surface area contributed by atoms with Crippen LogP contribution in [0, 0.1) is 17.8 Å². The van der Waals surface area contributed by atoms with Gasteiger partial charge in [-0.15, -0.1) is 6.58 Å². The number of imidazole rings is 1. The van der Waals surface area contributed by atoms with Gasteiger partial charge in [-0.1, -0.05) is 33.8 Å². The van der Waals surface area contributed by atoms with Crippen LogP contribution in [0.25, 0.3) is 0 Å². The summed E-state index contributed by atoms with van der Waals surface area (Å²) >= 11 is 0. The Morgan fingerprint density at radius 2 is 1.95 bits per heavy atom. The van der Waals surface area contributed by atoms with E-state index in [2.05, 4.69) is 55.3 Å². The van der Waals surface area contributed by atoms with Crippen molar-refractivity contribution in [1.82, 2.24) is 9.55 Å². The van der Waals surface area contributed by atoms with E-state index < -0.39 is 0 Å². The van der Waals surface area contributed by atoms with Gasteiger partial charge < -0.3 is 9.88 Å². The quantitative estimate of drug-likeness (QED) is 0.826. The Kier molecular flexibility index (Phi) is 3.99. The van der Waals surface area contributed by atoms with E-state index in [0.29, 0.717) is 16.9 Å². The maximum absolute atomic E-state index is 4.62. The molecule has 3 nitrogen and oxygen atoms in total. The number of anilines is 1. The smallest absolute Gasteiger partial charge is 0.203 e. The molecule has 0 spiro atoms. The lowest BCUT2D eigenvalue weighted by atomic mass is 9.63. The molecule has 112 valence electrons. The minimum atomic E-state index is 0.393. The largest absolute Gasteiger partial charge is 0.353 e. The highest BCUT2D eigenvalue weighted by atomic mass is 15.2. The molecule has 1 fully saturated rings. The summed E-state index contributed by atoms with van der Waals surface area (Å²) in [7, 11) is 0. The summed E-state index contributed by atoms with van der Waals surface area (Å²) in [6.45, 7) is 16.2. The van der Waals surface area contributed by atoms with Crippen molar-refractivity contribution in [3.63, 3.8) is 0 Å². The van der Waals surface area contributed by atoms with Crippen LogP contribution in [-0.2, 0) is 6.54 Å². The van der Waals surface area contributed by atoms with Crippen molar-refractivity contribution in [2.45, 2.75) is 66.5 Å². The highest BCUT2D eigenvalue weighted by molar-refractivity contribution is 5.31. The third kappa shape index (κ3) is 3.65. The van der Waals surface area contributed by atoms with E-state index in [4.69, 9.17) is 0 Å². The van der Waals surface area contributed by atoms with Gasteiger partial charge in [-0.05, 0) is 37.0 Å². The number of rotatable bonds is 4. The van der Waals surface area contributed by atoms with Crippen LogP contribution >= 0.6 is 0 Å². The molecule has 3 heteroatoms. The molecule has 1 N–H and O–H groups in total. The molecule has 1 aliphatic carbocycles. The molecular formula is C17H29N3. The minimum Gasteiger partial charge on any atom is -0.353 e. The number of nitrogens with zero attached hydrogens (tertiary/aromatic N) is 2. The zero-order valence-corrected chi connectivity index (χ0v) is 13.7. The second kappa shape index (κ2) is 5.27. The van der Waals surface area contributed by atoms with Crippen molar-refractivity contribution in [2.75, 3.05) is 5.32 Å². The molecule has 1 aromatic heterocycles. The lowest BCUT2D eigenvalue weighted by molar-refractivity contribution is 0.105. The molecule has 0 saturated heterocycles. The highest BCUT2D eigenvalue weighted by Gasteiger charge is 2.38. The van der Waals surface area contributed by atoms with Crippen molar-refractivity contribution < 1.29 is 0 Å². The van der Waals surface area contributed by atoms with Crippen LogP contribution in [0.2, 0.25) is 0 Å². The molecule has 0 amide bonds. The van der Waals surface area contributed by atoms with Gasteiger partial charge in [0.1, 0.15) is 0 Å². The van der Waals surface area contributed by atoms with Gasteiger partial charge in [0.25, 0.3) is 0 Å². The maximum Gasteiger partial charge on any atom is 0.203 e. The molecule has 0 atom stereocenters. The molecule has 1 aliphatic rings. The van der Waals surface area contributed by atoms with Crippen LogP contribution in [0.15, 0.2) is 18.9 Å². The first-order valence-electron chi connectivity index (χ1n) is 7.62. The van der Waals surface area contributed by atoms with E-state index in [1.165, 1.54) is 19.3 Å². The predicted octanol–water partition coefficient (Wildman–Crippen LogP) is 4.39. The van der Waals surface area contributed by atoms with Gasteiger partial charge in [0.2, 0.25) is 5.95 Å². The molecule has 0 aromatic carbocycles. The minimum absolute atomic E-state index is 0.393. The van der Waals surface area contributed by atoms with Gasteiger partial charge in [-0.2, -0.15) is 0 Å². The van der Waals surface area contributed by atoms with Crippen LogP contribution < -0.4 is 5.32 Å².